The van der Waals surface area contributed by atoms with Crippen molar-refractivity contribution in [2.24, 2.45) is 0 Å². The van der Waals surface area contributed by atoms with E-state index in [2.05, 4.69) is 9.05 Å². The largest absolute Gasteiger partial charge is 0.376 e. The zero-order valence-corrected chi connectivity index (χ0v) is 4.77. The van der Waals surface area contributed by atoms with Crippen molar-refractivity contribution in [1.82, 2.24) is 0 Å². The number of hydrogen-bond acceptors (Lipinski definition) is 3. The molecule has 0 aromatic rings. The van der Waals surface area contributed by atoms with Crippen molar-refractivity contribution in [2.75, 3.05) is 6.61 Å². The summed E-state index contributed by atoms with van der Waals surface area (Å²) in [6.45, 7) is 0.0682. The zero-order valence-electron chi connectivity index (χ0n) is 3.87. The molecule has 0 N–H and O–H groups in total. The van der Waals surface area contributed by atoms with Crippen LogP contribution in [0, 0.1) is 11.3 Å². The third kappa shape index (κ3) is 1.13. The fourth-order valence-corrected chi connectivity index (χ4v) is 0.970. The molecule has 3 nitrogen and oxygen atoms in total. The Morgan fingerprint density at radius 2 is 2.62 bits per heavy atom. The van der Waals surface area contributed by atoms with Gasteiger partial charge in [0.1, 0.15) is 0 Å². The highest BCUT2D eigenvalue weighted by molar-refractivity contribution is 7.41. The van der Waals surface area contributed by atoms with Crippen LogP contribution in [0.3, 0.4) is 0 Å². The summed E-state index contributed by atoms with van der Waals surface area (Å²) in [4.78, 5) is 0. The summed E-state index contributed by atoms with van der Waals surface area (Å²) in [6, 6.07) is 1.72. The Hall–Kier alpha value is -0.230. The molecule has 0 saturated carbocycles. The Bertz CT molecular complexity index is 125. The van der Waals surface area contributed by atoms with Crippen molar-refractivity contribution in [3.8, 4) is 6.07 Å². The molecule has 2 atom stereocenters. The summed E-state index contributed by atoms with van der Waals surface area (Å²) < 4.78 is 20.5. The summed E-state index contributed by atoms with van der Waals surface area (Å²) in [5, 5.41) is 8.07. The first-order chi connectivity index (χ1) is 3.83. The molecule has 1 aliphatic rings. The van der Waals surface area contributed by atoms with Gasteiger partial charge in [-0.05, 0) is 0 Å². The maximum absolute atomic E-state index is 11.8. The molecule has 1 heterocycles. The van der Waals surface area contributed by atoms with Crippen LogP contribution in [0.25, 0.3) is 0 Å². The van der Waals surface area contributed by atoms with E-state index in [0.29, 0.717) is 0 Å². The Labute approximate surface area is 47.0 Å². The lowest BCUT2D eigenvalue weighted by molar-refractivity contribution is 0.297. The normalized spacial score (nSPS) is 37.0. The van der Waals surface area contributed by atoms with Crippen LogP contribution in [-0.2, 0) is 9.05 Å². The molecule has 1 rings (SSSR count). The van der Waals surface area contributed by atoms with Crippen molar-refractivity contribution >= 4 is 8.69 Å². The van der Waals surface area contributed by atoms with Crippen molar-refractivity contribution in [3.05, 3.63) is 0 Å². The summed E-state index contributed by atoms with van der Waals surface area (Å²) in [6.07, 6.45) is -0.689. The minimum Gasteiger partial charge on any atom is -0.305 e. The van der Waals surface area contributed by atoms with Gasteiger partial charge in [-0.1, -0.05) is 0 Å². The third-order valence-electron chi connectivity index (χ3n) is 0.682. The molecule has 0 spiro atoms. The summed E-state index contributed by atoms with van der Waals surface area (Å²) in [7, 11) is -2.23. The molecule has 1 saturated heterocycles. The second-order valence-corrected chi connectivity index (χ2v) is 2.13. The van der Waals surface area contributed by atoms with E-state index in [4.69, 9.17) is 5.26 Å². The van der Waals surface area contributed by atoms with Gasteiger partial charge in [0.05, 0.1) is 12.7 Å². The number of nitriles is 1. The predicted molar refractivity (Wildman–Crippen MR) is 24.5 cm³/mol. The Morgan fingerprint density at radius 3 is 2.88 bits per heavy atom. The molecule has 0 aliphatic carbocycles. The van der Waals surface area contributed by atoms with E-state index >= 15 is 0 Å². The lowest BCUT2D eigenvalue weighted by Gasteiger charge is -1.90. The van der Waals surface area contributed by atoms with Crippen LogP contribution in [0.4, 0.5) is 4.20 Å². The van der Waals surface area contributed by atoms with Crippen LogP contribution < -0.4 is 0 Å². The maximum atomic E-state index is 11.8. The van der Waals surface area contributed by atoms with Crippen molar-refractivity contribution < 1.29 is 13.2 Å². The minimum absolute atomic E-state index is 0.0682. The third-order valence-corrected chi connectivity index (χ3v) is 1.45. The molecular weight excluding hydrogens is 132 g/mol. The van der Waals surface area contributed by atoms with E-state index in [-0.39, 0.29) is 6.61 Å². The molecule has 2 unspecified atom stereocenters. The standard InChI is InChI=1S/C3H3FNO2P/c4-8-6-2-3(1-5)7-8/h3H,2H2. The number of nitrogens with zero attached hydrogens (tertiary/aromatic N) is 1. The van der Waals surface area contributed by atoms with Gasteiger partial charge in [-0.3, -0.25) is 4.52 Å². The van der Waals surface area contributed by atoms with E-state index in [1.165, 1.54) is 0 Å². The number of hydrogen-bond donors (Lipinski definition) is 0. The molecule has 5 heteroatoms. The van der Waals surface area contributed by atoms with Gasteiger partial charge in [0.2, 0.25) is 0 Å². The fraction of sp³-hybridized carbons (Fsp3) is 0.667. The molecule has 0 aromatic carbocycles. The molecule has 8 heavy (non-hydrogen) atoms. The Morgan fingerprint density at radius 1 is 1.88 bits per heavy atom. The highest BCUT2D eigenvalue weighted by Crippen LogP contribution is 2.46. The second-order valence-electron chi connectivity index (χ2n) is 1.23. The van der Waals surface area contributed by atoms with Gasteiger partial charge in [0.25, 0.3) is 0 Å². The minimum atomic E-state index is -2.23. The SMILES string of the molecule is N#CC1COP(F)O1. The van der Waals surface area contributed by atoms with Crippen LogP contribution in [0.1, 0.15) is 0 Å². The van der Waals surface area contributed by atoms with E-state index in [1.807, 2.05) is 0 Å². The van der Waals surface area contributed by atoms with Crippen LogP contribution in [0.5, 0.6) is 0 Å². The van der Waals surface area contributed by atoms with E-state index in [9.17, 15) is 4.20 Å². The molecule has 44 valence electrons. The first-order valence-corrected chi connectivity index (χ1v) is 3.05. The fourth-order valence-electron chi connectivity index (χ4n) is 0.348. The van der Waals surface area contributed by atoms with E-state index < -0.39 is 14.8 Å². The average molecular weight is 135 g/mol. The molecule has 1 aliphatic heterocycles. The van der Waals surface area contributed by atoms with Crippen LogP contribution in [-0.4, -0.2) is 12.7 Å². The summed E-state index contributed by atoms with van der Waals surface area (Å²) in [5.41, 5.74) is 0. The topological polar surface area (TPSA) is 42.2 Å². The lowest BCUT2D eigenvalue weighted by Crippen LogP contribution is -2.03. The molecule has 0 aromatic heterocycles. The number of halogens is 1. The Balaban J connectivity index is 2.35. The Kier molecular flexibility index (Phi) is 1.74. The van der Waals surface area contributed by atoms with Gasteiger partial charge in [-0.25, -0.2) is 0 Å². The monoisotopic (exact) mass is 135 g/mol. The molecular formula is C3H3FNO2P. The summed E-state index contributed by atoms with van der Waals surface area (Å²) >= 11 is 0. The first-order valence-electron chi connectivity index (χ1n) is 1.98. The van der Waals surface area contributed by atoms with Crippen molar-refractivity contribution in [3.63, 3.8) is 0 Å². The molecule has 0 bridgehead atoms. The van der Waals surface area contributed by atoms with Crippen LogP contribution in [0.15, 0.2) is 0 Å². The van der Waals surface area contributed by atoms with E-state index in [0.717, 1.165) is 0 Å². The molecule has 1 fully saturated rings. The molecule has 0 radical (unpaired) electrons. The maximum Gasteiger partial charge on any atom is 0.376 e. The second kappa shape index (κ2) is 2.36. The van der Waals surface area contributed by atoms with Crippen LogP contribution >= 0.6 is 8.69 Å². The van der Waals surface area contributed by atoms with Gasteiger partial charge < -0.3 is 4.52 Å². The van der Waals surface area contributed by atoms with Gasteiger partial charge in [0, 0.05) is 0 Å². The quantitative estimate of drug-likeness (QED) is 0.467. The zero-order chi connectivity index (χ0) is 5.98. The molecule has 0 amide bonds. The van der Waals surface area contributed by atoms with Gasteiger partial charge in [0.15, 0.2) is 6.10 Å². The highest BCUT2D eigenvalue weighted by atomic mass is 31.2. The van der Waals surface area contributed by atoms with E-state index in [1.54, 1.807) is 6.07 Å². The number of rotatable bonds is 0. The predicted octanol–water partition coefficient (Wildman–Crippen LogP) is 1.12. The average Bonchev–Trinajstić information content (AvgIpc) is 2.14. The first kappa shape index (κ1) is 5.90. The summed E-state index contributed by atoms with van der Waals surface area (Å²) in [5.74, 6) is 0. The van der Waals surface area contributed by atoms with Crippen molar-refractivity contribution in [2.45, 2.75) is 6.10 Å². The highest BCUT2D eigenvalue weighted by Gasteiger charge is 2.26. The van der Waals surface area contributed by atoms with Crippen molar-refractivity contribution in [1.29, 1.82) is 5.26 Å². The van der Waals surface area contributed by atoms with Gasteiger partial charge in [-0.15, -0.1) is 0 Å². The van der Waals surface area contributed by atoms with Crippen LogP contribution in [0.2, 0.25) is 0 Å². The van der Waals surface area contributed by atoms with Gasteiger partial charge >= 0.3 is 8.69 Å². The van der Waals surface area contributed by atoms with Gasteiger partial charge in [-0.2, -0.15) is 9.46 Å². The lowest BCUT2D eigenvalue weighted by atomic mass is 10.4. The smallest absolute Gasteiger partial charge is 0.305 e.